The lowest BCUT2D eigenvalue weighted by Crippen LogP contribution is -2.13. The van der Waals surface area contributed by atoms with Crippen molar-refractivity contribution in [2.24, 2.45) is 0 Å². The molecule has 4 rings (SSSR count). The predicted octanol–water partition coefficient (Wildman–Crippen LogP) is 6.08. The minimum Gasteiger partial charge on any atom is -0.444 e. The maximum atomic E-state index is 12.6. The van der Waals surface area contributed by atoms with Gasteiger partial charge in [-0.25, -0.2) is 13.4 Å². The normalized spacial score (nSPS) is 11.4. The van der Waals surface area contributed by atoms with E-state index >= 15 is 0 Å². The summed E-state index contributed by atoms with van der Waals surface area (Å²) in [6.07, 6.45) is 1.63. The number of aromatic nitrogens is 1. The van der Waals surface area contributed by atoms with E-state index < -0.39 is 10.0 Å². The SMILES string of the molecule is Cc1ccc(-c2coc(-c3ccc(NS(=O)(=O)c4ccccc4Cl)cc3)n2)c(C)c1. The number of nitrogens with one attached hydrogen (secondary N) is 1. The molecule has 0 radical (unpaired) electrons. The molecule has 152 valence electrons. The van der Waals surface area contributed by atoms with Crippen LogP contribution >= 0.6 is 11.6 Å². The first-order chi connectivity index (χ1) is 14.3. The Bertz CT molecular complexity index is 1310. The van der Waals surface area contributed by atoms with Gasteiger partial charge in [-0.05, 0) is 55.8 Å². The fourth-order valence-corrected chi connectivity index (χ4v) is 4.76. The Morgan fingerprint density at radius 1 is 0.967 bits per heavy atom. The van der Waals surface area contributed by atoms with Gasteiger partial charge in [0.2, 0.25) is 5.89 Å². The summed E-state index contributed by atoms with van der Waals surface area (Å²) >= 11 is 6.01. The van der Waals surface area contributed by atoms with Crippen molar-refractivity contribution < 1.29 is 12.8 Å². The third kappa shape index (κ3) is 4.10. The van der Waals surface area contributed by atoms with E-state index in [0.717, 1.165) is 22.4 Å². The molecule has 0 fully saturated rings. The quantitative estimate of drug-likeness (QED) is 0.409. The van der Waals surface area contributed by atoms with Crippen LogP contribution in [0.1, 0.15) is 11.1 Å². The molecule has 0 saturated heterocycles. The zero-order chi connectivity index (χ0) is 21.3. The van der Waals surface area contributed by atoms with E-state index in [-0.39, 0.29) is 9.92 Å². The summed E-state index contributed by atoms with van der Waals surface area (Å²) in [5, 5.41) is 0.167. The lowest BCUT2D eigenvalue weighted by molar-refractivity contribution is 0.575. The van der Waals surface area contributed by atoms with E-state index in [0.29, 0.717) is 11.6 Å². The molecule has 4 aromatic rings. The van der Waals surface area contributed by atoms with Crippen molar-refractivity contribution in [3.8, 4) is 22.7 Å². The van der Waals surface area contributed by atoms with Gasteiger partial charge in [-0.3, -0.25) is 4.72 Å². The maximum Gasteiger partial charge on any atom is 0.263 e. The molecular formula is C23H19ClN2O3S. The molecule has 0 unspecified atom stereocenters. The molecule has 7 heteroatoms. The van der Waals surface area contributed by atoms with E-state index in [1.54, 1.807) is 42.7 Å². The van der Waals surface area contributed by atoms with Crippen LogP contribution in [0.25, 0.3) is 22.7 Å². The van der Waals surface area contributed by atoms with Crippen LogP contribution in [0.5, 0.6) is 0 Å². The summed E-state index contributed by atoms with van der Waals surface area (Å²) in [5.41, 5.74) is 5.24. The topological polar surface area (TPSA) is 72.2 Å². The van der Waals surface area contributed by atoms with Gasteiger partial charge in [0.15, 0.2) is 0 Å². The zero-order valence-corrected chi connectivity index (χ0v) is 18.0. The summed E-state index contributed by atoms with van der Waals surface area (Å²) in [4.78, 5) is 4.61. The third-order valence-corrected chi connectivity index (χ3v) is 6.55. The van der Waals surface area contributed by atoms with Crippen LogP contribution in [0, 0.1) is 13.8 Å². The molecule has 1 aromatic heterocycles. The number of aryl methyl sites for hydroxylation is 2. The minimum absolute atomic E-state index is 0.0292. The largest absolute Gasteiger partial charge is 0.444 e. The van der Waals surface area contributed by atoms with Crippen LogP contribution in [0.4, 0.5) is 5.69 Å². The van der Waals surface area contributed by atoms with Gasteiger partial charge in [-0.15, -0.1) is 0 Å². The highest BCUT2D eigenvalue weighted by Gasteiger charge is 2.18. The van der Waals surface area contributed by atoms with Gasteiger partial charge in [0.1, 0.15) is 16.9 Å². The molecule has 0 bridgehead atoms. The lowest BCUT2D eigenvalue weighted by atomic mass is 10.0. The molecule has 30 heavy (non-hydrogen) atoms. The van der Waals surface area contributed by atoms with E-state index in [1.165, 1.54) is 17.7 Å². The van der Waals surface area contributed by atoms with Crippen LogP contribution in [0.3, 0.4) is 0 Å². The molecular weight excluding hydrogens is 420 g/mol. The first-order valence-electron chi connectivity index (χ1n) is 9.24. The summed E-state index contributed by atoms with van der Waals surface area (Å²) < 4.78 is 33.3. The number of oxazole rings is 1. The molecule has 5 nitrogen and oxygen atoms in total. The molecule has 3 aromatic carbocycles. The van der Waals surface area contributed by atoms with Gasteiger partial charge in [0.25, 0.3) is 10.0 Å². The number of rotatable bonds is 5. The fourth-order valence-electron chi connectivity index (χ4n) is 3.18. The zero-order valence-electron chi connectivity index (χ0n) is 16.4. The summed E-state index contributed by atoms with van der Waals surface area (Å²) in [7, 11) is -3.78. The fraction of sp³-hybridized carbons (Fsp3) is 0.0870. The second-order valence-electron chi connectivity index (χ2n) is 6.97. The first-order valence-corrected chi connectivity index (χ1v) is 11.1. The van der Waals surface area contributed by atoms with Gasteiger partial charge >= 0.3 is 0 Å². The first kappa shape index (κ1) is 20.2. The summed E-state index contributed by atoms with van der Waals surface area (Å²) in [6.45, 7) is 4.09. The minimum atomic E-state index is -3.78. The van der Waals surface area contributed by atoms with Crippen LogP contribution in [0.15, 0.2) is 82.3 Å². The number of anilines is 1. The second kappa shape index (κ2) is 7.97. The molecule has 0 aliphatic carbocycles. The van der Waals surface area contributed by atoms with E-state index in [4.69, 9.17) is 16.0 Å². The summed E-state index contributed by atoms with van der Waals surface area (Å²) in [6, 6.07) is 19.3. The number of hydrogen-bond acceptors (Lipinski definition) is 4. The predicted molar refractivity (Wildman–Crippen MR) is 119 cm³/mol. The van der Waals surface area contributed by atoms with Crippen LogP contribution in [-0.2, 0) is 10.0 Å². The van der Waals surface area contributed by atoms with Gasteiger partial charge in [-0.2, -0.15) is 0 Å². The highest BCUT2D eigenvalue weighted by molar-refractivity contribution is 7.92. The van der Waals surface area contributed by atoms with Gasteiger partial charge < -0.3 is 4.42 Å². The Morgan fingerprint density at radius 3 is 2.40 bits per heavy atom. The Hall–Kier alpha value is -3.09. The van der Waals surface area contributed by atoms with Crippen LogP contribution in [-0.4, -0.2) is 13.4 Å². The van der Waals surface area contributed by atoms with Gasteiger partial charge in [-0.1, -0.05) is 47.5 Å². The van der Waals surface area contributed by atoms with Gasteiger partial charge in [0.05, 0.1) is 5.02 Å². The highest BCUT2D eigenvalue weighted by Crippen LogP contribution is 2.29. The lowest BCUT2D eigenvalue weighted by Gasteiger charge is -2.09. The standard InChI is InChI=1S/C23H19ClN2O3S/c1-15-7-12-19(16(2)13-15)21-14-29-23(25-21)17-8-10-18(11-9-17)26-30(27,28)22-6-4-3-5-20(22)24/h3-14,26H,1-2H3. The molecule has 0 amide bonds. The number of sulfonamides is 1. The Morgan fingerprint density at radius 2 is 1.70 bits per heavy atom. The number of nitrogens with zero attached hydrogens (tertiary/aromatic N) is 1. The van der Waals surface area contributed by atoms with Crippen molar-refractivity contribution >= 4 is 27.3 Å². The maximum absolute atomic E-state index is 12.6. The Labute approximate surface area is 180 Å². The van der Waals surface area contributed by atoms with Crippen LogP contribution < -0.4 is 4.72 Å². The van der Waals surface area contributed by atoms with Crippen molar-refractivity contribution in [2.45, 2.75) is 18.7 Å². The molecule has 0 aliphatic heterocycles. The number of hydrogen-bond donors (Lipinski definition) is 1. The molecule has 1 heterocycles. The average molecular weight is 439 g/mol. The Balaban J connectivity index is 1.56. The highest BCUT2D eigenvalue weighted by atomic mass is 35.5. The molecule has 0 saturated carbocycles. The third-order valence-electron chi connectivity index (χ3n) is 4.67. The molecule has 1 N–H and O–H groups in total. The Kier molecular flexibility index (Phi) is 5.37. The van der Waals surface area contributed by atoms with Crippen molar-refractivity contribution in [3.63, 3.8) is 0 Å². The van der Waals surface area contributed by atoms with Crippen molar-refractivity contribution in [1.82, 2.24) is 4.98 Å². The van der Waals surface area contributed by atoms with E-state index in [1.807, 2.05) is 26.0 Å². The average Bonchev–Trinajstić information content (AvgIpc) is 3.18. The van der Waals surface area contributed by atoms with Crippen LogP contribution in [0.2, 0.25) is 5.02 Å². The van der Waals surface area contributed by atoms with Crippen molar-refractivity contribution in [2.75, 3.05) is 4.72 Å². The molecule has 0 aliphatic rings. The summed E-state index contributed by atoms with van der Waals surface area (Å²) in [5.74, 6) is 0.463. The van der Waals surface area contributed by atoms with Gasteiger partial charge in [0, 0.05) is 16.8 Å². The van der Waals surface area contributed by atoms with E-state index in [2.05, 4.69) is 15.8 Å². The van der Waals surface area contributed by atoms with Crippen molar-refractivity contribution in [1.29, 1.82) is 0 Å². The van der Waals surface area contributed by atoms with Crippen molar-refractivity contribution in [3.05, 3.63) is 89.1 Å². The number of benzene rings is 3. The second-order valence-corrected chi connectivity index (χ2v) is 9.03. The number of halogens is 1. The monoisotopic (exact) mass is 438 g/mol. The molecule has 0 atom stereocenters. The molecule has 0 spiro atoms. The smallest absolute Gasteiger partial charge is 0.263 e. The van der Waals surface area contributed by atoms with E-state index in [9.17, 15) is 8.42 Å².